The van der Waals surface area contributed by atoms with Crippen LogP contribution in [0.3, 0.4) is 0 Å². The Balaban J connectivity index is 3.35. The van der Waals surface area contributed by atoms with Crippen LogP contribution in [0.1, 0.15) is 31.7 Å². The number of hydrogen-bond acceptors (Lipinski definition) is 3. The maximum absolute atomic E-state index is 11.9. The van der Waals surface area contributed by atoms with Gasteiger partial charge in [-0.15, -0.1) is 0 Å². The first kappa shape index (κ1) is 14.2. The largest absolute Gasteiger partial charge is 0.393 e. The van der Waals surface area contributed by atoms with E-state index in [0.717, 1.165) is 0 Å². The highest BCUT2D eigenvalue weighted by atomic mass is 32.2. The summed E-state index contributed by atoms with van der Waals surface area (Å²) in [5.74, 6) is -0.172. The summed E-state index contributed by atoms with van der Waals surface area (Å²) in [5.41, 5.74) is 0.666. The summed E-state index contributed by atoms with van der Waals surface area (Å²) in [4.78, 5) is 0.246. The van der Waals surface area contributed by atoms with Crippen molar-refractivity contribution in [2.75, 3.05) is 7.05 Å². The highest BCUT2D eigenvalue weighted by Crippen LogP contribution is 2.28. The molecule has 4 nitrogen and oxygen atoms in total. The van der Waals surface area contributed by atoms with Crippen LogP contribution in [-0.4, -0.2) is 26.7 Å². The fraction of sp³-hybridized carbons (Fsp3) is 0.500. The van der Waals surface area contributed by atoms with Crippen LogP contribution in [0.25, 0.3) is 0 Å². The van der Waals surface area contributed by atoms with Crippen LogP contribution in [0.15, 0.2) is 29.2 Å². The quantitative estimate of drug-likeness (QED) is 0.839. The summed E-state index contributed by atoms with van der Waals surface area (Å²) in [5, 5.41) is 9.71. The Hall–Kier alpha value is -0.910. The van der Waals surface area contributed by atoms with Crippen LogP contribution in [0.4, 0.5) is 0 Å². The van der Waals surface area contributed by atoms with Gasteiger partial charge in [-0.05, 0) is 32.0 Å². The molecule has 5 heteroatoms. The zero-order chi connectivity index (χ0) is 13.1. The second-order valence-electron chi connectivity index (χ2n) is 4.00. The first-order valence-corrected chi connectivity index (χ1v) is 7.13. The monoisotopic (exact) mass is 257 g/mol. The number of aliphatic hydroxyl groups is 1. The summed E-state index contributed by atoms with van der Waals surface area (Å²) in [7, 11) is -2.09. The van der Waals surface area contributed by atoms with Crippen LogP contribution in [-0.2, 0) is 10.0 Å². The van der Waals surface area contributed by atoms with E-state index in [4.69, 9.17) is 0 Å². The minimum atomic E-state index is -3.48. The Kier molecular flexibility index (Phi) is 4.68. The summed E-state index contributed by atoms with van der Waals surface area (Å²) < 4.78 is 26.1. The van der Waals surface area contributed by atoms with Crippen LogP contribution < -0.4 is 4.72 Å². The molecular weight excluding hydrogens is 238 g/mol. The van der Waals surface area contributed by atoms with Gasteiger partial charge in [-0.1, -0.05) is 25.1 Å². The molecule has 0 spiro atoms. The van der Waals surface area contributed by atoms with E-state index in [-0.39, 0.29) is 10.8 Å². The molecule has 2 atom stereocenters. The van der Waals surface area contributed by atoms with E-state index in [1.54, 1.807) is 31.2 Å². The molecule has 2 N–H and O–H groups in total. The molecule has 0 amide bonds. The molecule has 0 aliphatic carbocycles. The fourth-order valence-corrected chi connectivity index (χ4v) is 2.97. The fourth-order valence-electron chi connectivity index (χ4n) is 1.96. The van der Waals surface area contributed by atoms with E-state index in [1.165, 1.54) is 7.05 Å². The van der Waals surface area contributed by atoms with Gasteiger partial charge in [0.25, 0.3) is 0 Å². The third-order valence-electron chi connectivity index (χ3n) is 2.90. The Bertz CT molecular complexity index is 468. The van der Waals surface area contributed by atoms with E-state index in [1.807, 2.05) is 6.92 Å². The molecule has 1 aromatic rings. The number of benzene rings is 1. The number of rotatable bonds is 5. The van der Waals surface area contributed by atoms with Crippen molar-refractivity contribution in [3.63, 3.8) is 0 Å². The summed E-state index contributed by atoms with van der Waals surface area (Å²) in [6.45, 7) is 3.61. The lowest BCUT2D eigenvalue weighted by molar-refractivity contribution is 0.158. The molecule has 1 aromatic carbocycles. The molecule has 17 heavy (non-hydrogen) atoms. The first-order chi connectivity index (χ1) is 7.94. The van der Waals surface area contributed by atoms with Crippen LogP contribution in [0.2, 0.25) is 0 Å². The van der Waals surface area contributed by atoms with Gasteiger partial charge in [0.1, 0.15) is 0 Å². The van der Waals surface area contributed by atoms with Gasteiger partial charge in [-0.25, -0.2) is 13.1 Å². The number of nitrogens with one attached hydrogen (secondary N) is 1. The predicted molar refractivity (Wildman–Crippen MR) is 67.4 cm³/mol. The third-order valence-corrected chi connectivity index (χ3v) is 4.39. The summed E-state index contributed by atoms with van der Waals surface area (Å²) in [6.07, 6.45) is 0.113. The lowest BCUT2D eigenvalue weighted by atomic mass is 9.92. The predicted octanol–water partition coefficient (Wildman–Crippen LogP) is 1.47. The Morgan fingerprint density at radius 2 is 1.94 bits per heavy atom. The van der Waals surface area contributed by atoms with Gasteiger partial charge >= 0.3 is 0 Å². The van der Waals surface area contributed by atoms with Gasteiger partial charge in [0.2, 0.25) is 10.0 Å². The molecule has 0 aliphatic rings. The summed E-state index contributed by atoms with van der Waals surface area (Å²) in [6, 6.07) is 6.79. The topological polar surface area (TPSA) is 66.4 Å². The average Bonchev–Trinajstić information content (AvgIpc) is 2.30. The molecule has 0 aliphatic heterocycles. The van der Waals surface area contributed by atoms with E-state index in [9.17, 15) is 13.5 Å². The molecule has 0 aromatic heterocycles. The lowest BCUT2D eigenvalue weighted by Gasteiger charge is -2.21. The Morgan fingerprint density at radius 3 is 2.41 bits per heavy atom. The van der Waals surface area contributed by atoms with Crippen molar-refractivity contribution in [1.29, 1.82) is 0 Å². The highest BCUT2D eigenvalue weighted by molar-refractivity contribution is 7.89. The van der Waals surface area contributed by atoms with Crippen molar-refractivity contribution in [3.8, 4) is 0 Å². The molecule has 0 fully saturated rings. The summed E-state index contributed by atoms with van der Waals surface area (Å²) >= 11 is 0. The highest BCUT2D eigenvalue weighted by Gasteiger charge is 2.23. The van der Waals surface area contributed by atoms with Gasteiger partial charge < -0.3 is 5.11 Å². The average molecular weight is 257 g/mol. The molecule has 0 radical (unpaired) electrons. The van der Waals surface area contributed by atoms with Crippen LogP contribution in [0.5, 0.6) is 0 Å². The van der Waals surface area contributed by atoms with E-state index in [2.05, 4.69) is 4.72 Å². The molecule has 0 heterocycles. The van der Waals surface area contributed by atoms with E-state index < -0.39 is 16.1 Å². The van der Waals surface area contributed by atoms with E-state index >= 15 is 0 Å². The van der Waals surface area contributed by atoms with Crippen LogP contribution >= 0.6 is 0 Å². The molecule has 0 saturated carbocycles. The van der Waals surface area contributed by atoms with Gasteiger partial charge in [-0.3, -0.25) is 0 Å². The first-order valence-electron chi connectivity index (χ1n) is 5.64. The number of hydrogen-bond donors (Lipinski definition) is 2. The molecule has 96 valence electrons. The minimum absolute atomic E-state index is 0.172. The van der Waals surface area contributed by atoms with Crippen molar-refractivity contribution in [2.45, 2.75) is 37.2 Å². The van der Waals surface area contributed by atoms with Crippen molar-refractivity contribution in [3.05, 3.63) is 29.8 Å². The maximum Gasteiger partial charge on any atom is 0.240 e. The molecule has 1 rings (SSSR count). The Labute approximate surface area is 103 Å². The van der Waals surface area contributed by atoms with E-state index in [0.29, 0.717) is 12.0 Å². The second kappa shape index (κ2) is 5.62. The van der Waals surface area contributed by atoms with Gasteiger partial charge in [0.15, 0.2) is 0 Å². The normalized spacial score (nSPS) is 15.5. The van der Waals surface area contributed by atoms with Gasteiger partial charge in [0, 0.05) is 5.92 Å². The number of aliphatic hydroxyl groups excluding tert-OH is 1. The van der Waals surface area contributed by atoms with Gasteiger partial charge in [-0.2, -0.15) is 0 Å². The molecule has 2 unspecified atom stereocenters. The van der Waals surface area contributed by atoms with Crippen molar-refractivity contribution < 1.29 is 13.5 Å². The lowest BCUT2D eigenvalue weighted by Crippen LogP contribution is -2.23. The van der Waals surface area contributed by atoms with Crippen molar-refractivity contribution in [1.82, 2.24) is 4.72 Å². The molecule has 0 saturated heterocycles. The zero-order valence-electron chi connectivity index (χ0n) is 10.3. The molecular formula is C12H19NO3S. The number of sulfonamides is 1. The minimum Gasteiger partial charge on any atom is -0.393 e. The third kappa shape index (κ3) is 3.06. The smallest absolute Gasteiger partial charge is 0.240 e. The Morgan fingerprint density at radius 1 is 1.35 bits per heavy atom. The standard InChI is InChI=1S/C12H19NO3S/c1-4-10(9(2)14)11-7-5-6-8-12(11)17(15,16)13-3/h5-10,13-14H,4H2,1-3H3. The maximum atomic E-state index is 11.9. The van der Waals surface area contributed by atoms with Gasteiger partial charge in [0.05, 0.1) is 11.0 Å². The molecule has 0 bridgehead atoms. The van der Waals surface area contributed by atoms with Crippen molar-refractivity contribution >= 4 is 10.0 Å². The van der Waals surface area contributed by atoms with Crippen molar-refractivity contribution in [2.24, 2.45) is 0 Å². The van der Waals surface area contributed by atoms with Crippen LogP contribution in [0, 0.1) is 0 Å². The SMILES string of the molecule is CCC(c1ccccc1S(=O)(=O)NC)C(C)O. The zero-order valence-corrected chi connectivity index (χ0v) is 11.2. The second-order valence-corrected chi connectivity index (χ2v) is 5.86.